The topological polar surface area (TPSA) is 93.8 Å². The van der Waals surface area contributed by atoms with Crippen LogP contribution in [0.15, 0.2) is 39.9 Å². The average molecular weight is 369 g/mol. The maximum atomic E-state index is 12.6. The van der Waals surface area contributed by atoms with E-state index < -0.39 is 5.54 Å². The van der Waals surface area contributed by atoms with Gasteiger partial charge < -0.3 is 9.84 Å². The van der Waals surface area contributed by atoms with Crippen LogP contribution in [0, 0.1) is 0 Å². The number of nitrogens with zero attached hydrogens (tertiary/aromatic N) is 4. The molecule has 1 aliphatic rings. The van der Waals surface area contributed by atoms with E-state index in [1.54, 1.807) is 29.9 Å². The molecule has 1 saturated carbocycles. The fourth-order valence-electron chi connectivity index (χ4n) is 3.37. The van der Waals surface area contributed by atoms with Gasteiger partial charge >= 0.3 is 0 Å². The van der Waals surface area contributed by atoms with E-state index in [2.05, 4.69) is 25.4 Å². The molecule has 4 rings (SSSR count). The molecule has 0 saturated heterocycles. The second-order valence-corrected chi connectivity index (χ2v) is 7.29. The largest absolute Gasteiger partial charge is 0.341 e. The van der Waals surface area contributed by atoms with Gasteiger partial charge in [0.05, 0.1) is 12.6 Å². The van der Waals surface area contributed by atoms with Gasteiger partial charge in [0, 0.05) is 12.4 Å². The monoisotopic (exact) mass is 369 g/mol. The van der Waals surface area contributed by atoms with Crippen molar-refractivity contribution in [3.8, 4) is 11.5 Å². The molecule has 0 atom stereocenters. The minimum atomic E-state index is -0.598. The Balaban J connectivity index is 1.58. The van der Waals surface area contributed by atoms with Crippen molar-refractivity contribution >= 4 is 17.2 Å². The smallest absolute Gasteiger partial charge is 0.252 e. The van der Waals surface area contributed by atoms with Crippen molar-refractivity contribution in [1.29, 1.82) is 0 Å². The third-order valence-electron chi connectivity index (χ3n) is 4.66. The number of hydrogen-bond acceptors (Lipinski definition) is 7. The molecule has 0 spiro atoms. The lowest BCUT2D eigenvalue weighted by Gasteiger charge is -2.34. The van der Waals surface area contributed by atoms with E-state index in [1.165, 1.54) is 0 Å². The number of nitrogens with one attached hydrogen (secondary N) is 1. The van der Waals surface area contributed by atoms with E-state index in [4.69, 9.17) is 4.52 Å². The normalized spacial score (nSPS) is 16.3. The highest BCUT2D eigenvalue weighted by Gasteiger charge is 2.40. The standard InChI is InChI=1S/C18H19N5O2S/c24-15(10-13-4-9-26-12-13)22-18(5-2-1-3-6-18)17-21-16(23-25-17)14-11-19-7-8-20-14/h4,7-9,11-12H,1-3,5-6,10H2,(H,22,24). The van der Waals surface area contributed by atoms with Crippen molar-refractivity contribution in [2.75, 3.05) is 0 Å². The summed E-state index contributed by atoms with van der Waals surface area (Å²) in [6, 6.07) is 1.97. The zero-order valence-electron chi connectivity index (χ0n) is 14.2. The molecule has 26 heavy (non-hydrogen) atoms. The Labute approximate surface area is 154 Å². The maximum absolute atomic E-state index is 12.6. The number of amides is 1. The maximum Gasteiger partial charge on any atom is 0.252 e. The van der Waals surface area contributed by atoms with Crippen LogP contribution in [0.5, 0.6) is 0 Å². The summed E-state index contributed by atoms with van der Waals surface area (Å²) in [6.45, 7) is 0. The minimum absolute atomic E-state index is 0.0236. The van der Waals surface area contributed by atoms with Gasteiger partial charge in [0.25, 0.3) is 5.89 Å². The van der Waals surface area contributed by atoms with E-state index in [0.29, 0.717) is 23.8 Å². The number of aromatic nitrogens is 4. The first-order chi connectivity index (χ1) is 12.8. The Hall–Kier alpha value is -2.61. The third-order valence-corrected chi connectivity index (χ3v) is 5.39. The lowest BCUT2D eigenvalue weighted by Crippen LogP contribution is -2.48. The van der Waals surface area contributed by atoms with Crippen molar-refractivity contribution in [3.05, 3.63) is 46.9 Å². The number of thiophene rings is 1. The van der Waals surface area contributed by atoms with Crippen molar-refractivity contribution in [1.82, 2.24) is 25.4 Å². The fourth-order valence-corrected chi connectivity index (χ4v) is 4.04. The molecule has 0 bridgehead atoms. The first-order valence-corrected chi connectivity index (χ1v) is 9.62. The first-order valence-electron chi connectivity index (χ1n) is 8.68. The summed E-state index contributed by atoms with van der Waals surface area (Å²) < 4.78 is 5.56. The Bertz CT molecular complexity index is 857. The Morgan fingerprint density at radius 3 is 2.88 bits per heavy atom. The van der Waals surface area contributed by atoms with Crippen LogP contribution >= 0.6 is 11.3 Å². The van der Waals surface area contributed by atoms with Crippen LogP contribution in [-0.4, -0.2) is 26.0 Å². The quantitative estimate of drug-likeness (QED) is 0.743. The summed E-state index contributed by atoms with van der Waals surface area (Å²) in [5, 5.41) is 11.2. The number of rotatable bonds is 5. The Morgan fingerprint density at radius 1 is 1.27 bits per heavy atom. The van der Waals surface area contributed by atoms with E-state index in [1.807, 2.05) is 16.8 Å². The van der Waals surface area contributed by atoms with Crippen molar-refractivity contribution in [2.24, 2.45) is 0 Å². The molecule has 134 valence electrons. The molecule has 1 N–H and O–H groups in total. The summed E-state index contributed by atoms with van der Waals surface area (Å²) in [4.78, 5) is 25.4. The van der Waals surface area contributed by atoms with Crippen LogP contribution in [0.3, 0.4) is 0 Å². The van der Waals surface area contributed by atoms with Crippen molar-refractivity contribution in [3.63, 3.8) is 0 Å². The number of carbonyl (C=O) groups excluding carboxylic acids is 1. The first kappa shape index (κ1) is 16.8. The Morgan fingerprint density at radius 2 is 2.15 bits per heavy atom. The molecule has 3 aromatic heterocycles. The molecule has 7 nitrogen and oxygen atoms in total. The van der Waals surface area contributed by atoms with Gasteiger partial charge in [-0.2, -0.15) is 16.3 Å². The summed E-state index contributed by atoms with van der Waals surface area (Å²) >= 11 is 1.59. The van der Waals surface area contributed by atoms with Crippen LogP contribution in [0.2, 0.25) is 0 Å². The van der Waals surface area contributed by atoms with Gasteiger partial charge in [-0.15, -0.1) is 0 Å². The molecule has 0 radical (unpaired) electrons. The summed E-state index contributed by atoms with van der Waals surface area (Å²) in [7, 11) is 0. The molecule has 3 heterocycles. The van der Waals surface area contributed by atoms with Gasteiger partial charge in [0.1, 0.15) is 11.2 Å². The van der Waals surface area contributed by atoms with Crippen LogP contribution in [0.1, 0.15) is 43.6 Å². The van der Waals surface area contributed by atoms with Gasteiger partial charge in [-0.3, -0.25) is 9.78 Å². The molecular formula is C18H19N5O2S. The molecule has 1 fully saturated rings. The Kier molecular flexibility index (Phi) is 4.75. The molecule has 3 aromatic rings. The summed E-state index contributed by atoms with van der Waals surface area (Å²) in [5.74, 6) is 0.825. The second kappa shape index (κ2) is 7.33. The van der Waals surface area contributed by atoms with Crippen LogP contribution < -0.4 is 5.32 Å². The van der Waals surface area contributed by atoms with E-state index in [0.717, 1.165) is 37.7 Å². The van der Waals surface area contributed by atoms with Gasteiger partial charge in [0.2, 0.25) is 11.7 Å². The van der Waals surface area contributed by atoms with Crippen molar-refractivity contribution < 1.29 is 9.32 Å². The predicted molar refractivity (Wildman–Crippen MR) is 96.3 cm³/mol. The van der Waals surface area contributed by atoms with Crippen LogP contribution in [0.25, 0.3) is 11.5 Å². The number of carbonyl (C=O) groups is 1. The van der Waals surface area contributed by atoms with Crippen LogP contribution in [-0.2, 0) is 16.8 Å². The lowest BCUT2D eigenvalue weighted by molar-refractivity contribution is -0.123. The molecule has 8 heteroatoms. The fraction of sp³-hybridized carbons (Fsp3) is 0.389. The molecule has 0 aromatic carbocycles. The van der Waals surface area contributed by atoms with Crippen LogP contribution in [0.4, 0.5) is 0 Å². The zero-order chi connectivity index (χ0) is 17.8. The van der Waals surface area contributed by atoms with Gasteiger partial charge in [-0.1, -0.05) is 24.4 Å². The molecular weight excluding hydrogens is 350 g/mol. The average Bonchev–Trinajstić information content (AvgIpc) is 3.35. The summed E-state index contributed by atoms with van der Waals surface area (Å²) in [5.41, 5.74) is 0.973. The highest BCUT2D eigenvalue weighted by molar-refractivity contribution is 7.08. The van der Waals surface area contributed by atoms with Gasteiger partial charge in [0.15, 0.2) is 0 Å². The minimum Gasteiger partial charge on any atom is -0.341 e. The predicted octanol–water partition coefficient (Wildman–Crippen LogP) is 3.11. The van der Waals surface area contributed by atoms with Crippen molar-refractivity contribution in [2.45, 2.75) is 44.1 Å². The van der Waals surface area contributed by atoms with E-state index >= 15 is 0 Å². The second-order valence-electron chi connectivity index (χ2n) is 6.51. The summed E-state index contributed by atoms with van der Waals surface area (Å²) in [6.07, 6.45) is 9.90. The number of hydrogen-bond donors (Lipinski definition) is 1. The highest BCUT2D eigenvalue weighted by atomic mass is 32.1. The molecule has 1 amide bonds. The van der Waals surface area contributed by atoms with E-state index in [9.17, 15) is 4.79 Å². The molecule has 1 aliphatic carbocycles. The molecule has 0 unspecified atom stereocenters. The third kappa shape index (κ3) is 3.50. The van der Waals surface area contributed by atoms with Gasteiger partial charge in [-0.25, -0.2) is 4.98 Å². The lowest BCUT2D eigenvalue weighted by atomic mass is 9.81. The highest BCUT2D eigenvalue weighted by Crippen LogP contribution is 2.37. The molecule has 0 aliphatic heterocycles. The van der Waals surface area contributed by atoms with Gasteiger partial charge in [-0.05, 0) is 35.2 Å². The SMILES string of the molecule is O=C(Cc1ccsc1)NC1(c2nc(-c3cnccn3)no2)CCCCC1. The van der Waals surface area contributed by atoms with E-state index in [-0.39, 0.29) is 5.91 Å². The zero-order valence-corrected chi connectivity index (χ0v) is 15.0.